The highest BCUT2D eigenvalue weighted by atomic mass is 16.5. The molecule has 0 aliphatic carbocycles. The smallest absolute Gasteiger partial charge is 0.224 e. The van der Waals surface area contributed by atoms with Crippen molar-refractivity contribution in [2.75, 3.05) is 52.6 Å². The maximum Gasteiger partial charge on any atom is 0.224 e. The van der Waals surface area contributed by atoms with Crippen LogP contribution in [0.25, 0.3) is 0 Å². The molecule has 0 saturated heterocycles. The zero-order chi connectivity index (χ0) is 19.5. The first-order chi connectivity index (χ1) is 12.0. The molecule has 25 heavy (non-hydrogen) atoms. The molecule has 0 N–H and O–H groups in total. The molecule has 0 radical (unpaired) electrons. The number of hydrogen-bond donors (Lipinski definition) is 0. The molecule has 0 aliphatic rings. The van der Waals surface area contributed by atoms with Crippen molar-refractivity contribution in [3.63, 3.8) is 0 Å². The van der Waals surface area contributed by atoms with Crippen LogP contribution < -0.4 is 0 Å². The van der Waals surface area contributed by atoms with Crippen LogP contribution in [0.15, 0.2) is 0 Å². The van der Waals surface area contributed by atoms with E-state index in [0.29, 0.717) is 32.7 Å². The van der Waals surface area contributed by atoms with Gasteiger partial charge in [0.05, 0.1) is 26.1 Å². The van der Waals surface area contributed by atoms with Gasteiger partial charge in [-0.2, -0.15) is 0 Å². The van der Waals surface area contributed by atoms with Gasteiger partial charge in [-0.05, 0) is 41.0 Å². The van der Waals surface area contributed by atoms with E-state index in [2.05, 4.69) is 6.92 Å². The summed E-state index contributed by atoms with van der Waals surface area (Å²) in [7, 11) is 0. The van der Waals surface area contributed by atoms with E-state index in [0.717, 1.165) is 39.2 Å². The van der Waals surface area contributed by atoms with Crippen molar-refractivity contribution in [1.29, 1.82) is 0 Å². The number of nitrogens with zero attached hydrogens (tertiary/aromatic N) is 2. The first kappa shape index (κ1) is 26.1. The molecule has 0 aliphatic heterocycles. The second-order valence-corrected chi connectivity index (χ2v) is 5.44. The SMILES string of the molecule is CCCOCCC(=O)N(CC)CC.CCOCCC(=O)N(CC)CC. The minimum Gasteiger partial charge on any atom is -0.381 e. The lowest BCUT2D eigenvalue weighted by Gasteiger charge is -2.18. The number of carbonyl (C=O) groups excluding carboxylic acids is 2. The van der Waals surface area contributed by atoms with Crippen LogP contribution in [0, 0.1) is 0 Å². The molecular weight excluding hydrogens is 320 g/mol. The normalized spacial score (nSPS) is 10.0. The van der Waals surface area contributed by atoms with Gasteiger partial charge in [0.25, 0.3) is 0 Å². The molecule has 0 heterocycles. The summed E-state index contributed by atoms with van der Waals surface area (Å²) in [4.78, 5) is 26.4. The predicted octanol–water partition coefficient (Wildman–Crippen LogP) is 2.95. The van der Waals surface area contributed by atoms with Crippen LogP contribution in [-0.2, 0) is 19.1 Å². The van der Waals surface area contributed by atoms with Gasteiger partial charge >= 0.3 is 0 Å². The quantitative estimate of drug-likeness (QED) is 0.474. The van der Waals surface area contributed by atoms with Crippen molar-refractivity contribution in [3.8, 4) is 0 Å². The van der Waals surface area contributed by atoms with Gasteiger partial charge in [-0.25, -0.2) is 0 Å². The minimum atomic E-state index is 0.188. The molecule has 150 valence electrons. The average molecular weight is 361 g/mol. The van der Waals surface area contributed by atoms with Crippen molar-refractivity contribution >= 4 is 11.8 Å². The van der Waals surface area contributed by atoms with Gasteiger partial charge in [-0.3, -0.25) is 9.59 Å². The Hall–Kier alpha value is -1.14. The van der Waals surface area contributed by atoms with E-state index in [1.807, 2.05) is 44.4 Å². The fourth-order valence-corrected chi connectivity index (χ4v) is 2.18. The standard InChI is InChI=1S/C10H21NO2.C9H19NO2/c1-4-8-13-9-7-10(12)11(5-2)6-3;1-4-10(5-2)9(11)7-8-12-6-3/h4-9H2,1-3H3;4-8H2,1-3H3. The molecule has 0 atom stereocenters. The highest BCUT2D eigenvalue weighted by molar-refractivity contribution is 5.76. The molecule has 0 aromatic rings. The molecule has 0 saturated carbocycles. The summed E-state index contributed by atoms with van der Waals surface area (Å²) in [5, 5.41) is 0. The van der Waals surface area contributed by atoms with Gasteiger partial charge in [-0.15, -0.1) is 0 Å². The van der Waals surface area contributed by atoms with Crippen LogP contribution in [0.3, 0.4) is 0 Å². The van der Waals surface area contributed by atoms with Crippen molar-refractivity contribution in [1.82, 2.24) is 9.80 Å². The number of amides is 2. The zero-order valence-corrected chi connectivity index (χ0v) is 17.3. The summed E-state index contributed by atoms with van der Waals surface area (Å²) >= 11 is 0. The molecule has 0 aromatic heterocycles. The number of rotatable bonds is 13. The highest BCUT2D eigenvalue weighted by Gasteiger charge is 2.08. The predicted molar refractivity (Wildman–Crippen MR) is 103 cm³/mol. The van der Waals surface area contributed by atoms with E-state index in [9.17, 15) is 9.59 Å². The van der Waals surface area contributed by atoms with E-state index >= 15 is 0 Å². The van der Waals surface area contributed by atoms with Crippen LogP contribution in [0.1, 0.15) is 60.8 Å². The van der Waals surface area contributed by atoms with E-state index < -0.39 is 0 Å². The van der Waals surface area contributed by atoms with E-state index in [1.165, 1.54) is 0 Å². The molecular formula is C19H40N2O4. The summed E-state index contributed by atoms with van der Waals surface area (Å²) in [6.45, 7) is 17.7. The molecule has 0 spiro atoms. The van der Waals surface area contributed by atoms with Gasteiger partial charge in [-0.1, -0.05) is 6.92 Å². The summed E-state index contributed by atoms with van der Waals surface area (Å²) in [6.07, 6.45) is 2.04. The lowest BCUT2D eigenvalue weighted by Crippen LogP contribution is -2.31. The van der Waals surface area contributed by atoms with Crippen LogP contribution in [0.2, 0.25) is 0 Å². The van der Waals surface area contributed by atoms with Crippen molar-refractivity contribution in [3.05, 3.63) is 0 Å². The van der Waals surface area contributed by atoms with Crippen molar-refractivity contribution < 1.29 is 19.1 Å². The third-order valence-corrected chi connectivity index (χ3v) is 3.71. The Labute approximate surface area is 154 Å². The molecule has 0 aromatic carbocycles. The number of ether oxygens (including phenoxy) is 2. The third-order valence-electron chi connectivity index (χ3n) is 3.71. The Morgan fingerprint density at radius 1 is 0.640 bits per heavy atom. The molecule has 0 rings (SSSR count). The Morgan fingerprint density at radius 2 is 1.04 bits per heavy atom. The fraction of sp³-hybridized carbons (Fsp3) is 0.895. The molecule has 0 unspecified atom stereocenters. The molecule has 0 fully saturated rings. The molecule has 6 heteroatoms. The van der Waals surface area contributed by atoms with Gasteiger partial charge < -0.3 is 19.3 Å². The van der Waals surface area contributed by atoms with Crippen LogP contribution in [0.4, 0.5) is 0 Å². The van der Waals surface area contributed by atoms with Gasteiger partial charge in [0, 0.05) is 39.4 Å². The summed E-state index contributed by atoms with van der Waals surface area (Å²) < 4.78 is 10.3. The van der Waals surface area contributed by atoms with Crippen molar-refractivity contribution in [2.24, 2.45) is 0 Å². The lowest BCUT2D eigenvalue weighted by atomic mass is 10.3. The first-order valence-electron chi connectivity index (χ1n) is 9.72. The third kappa shape index (κ3) is 14.9. The van der Waals surface area contributed by atoms with Gasteiger partial charge in [0.2, 0.25) is 11.8 Å². The summed E-state index contributed by atoms with van der Waals surface area (Å²) in [5.41, 5.74) is 0. The van der Waals surface area contributed by atoms with Crippen molar-refractivity contribution in [2.45, 2.75) is 60.8 Å². The Kier molecular flexibility index (Phi) is 20.0. The first-order valence-corrected chi connectivity index (χ1v) is 9.72. The second kappa shape index (κ2) is 19.2. The Bertz CT molecular complexity index is 317. The zero-order valence-electron chi connectivity index (χ0n) is 17.3. The number of carbonyl (C=O) groups is 2. The molecule has 2 amide bonds. The Balaban J connectivity index is 0. The van der Waals surface area contributed by atoms with Crippen LogP contribution in [0.5, 0.6) is 0 Å². The maximum absolute atomic E-state index is 11.4. The fourth-order valence-electron chi connectivity index (χ4n) is 2.18. The van der Waals surface area contributed by atoms with E-state index in [1.54, 1.807) is 0 Å². The number of hydrogen-bond acceptors (Lipinski definition) is 4. The van der Waals surface area contributed by atoms with E-state index in [-0.39, 0.29) is 11.8 Å². The monoisotopic (exact) mass is 360 g/mol. The highest BCUT2D eigenvalue weighted by Crippen LogP contribution is 1.95. The van der Waals surface area contributed by atoms with Gasteiger partial charge in [0.1, 0.15) is 0 Å². The Morgan fingerprint density at radius 3 is 1.36 bits per heavy atom. The van der Waals surface area contributed by atoms with Gasteiger partial charge in [0.15, 0.2) is 0 Å². The van der Waals surface area contributed by atoms with Crippen LogP contribution in [-0.4, -0.2) is 74.2 Å². The molecule has 0 bridgehead atoms. The summed E-state index contributed by atoms with van der Waals surface area (Å²) in [6, 6.07) is 0. The maximum atomic E-state index is 11.4. The largest absolute Gasteiger partial charge is 0.381 e. The summed E-state index contributed by atoms with van der Waals surface area (Å²) in [5.74, 6) is 0.384. The second-order valence-electron chi connectivity index (χ2n) is 5.44. The topological polar surface area (TPSA) is 59.1 Å². The minimum absolute atomic E-state index is 0.188. The molecule has 6 nitrogen and oxygen atoms in total. The lowest BCUT2D eigenvalue weighted by molar-refractivity contribution is -0.132. The van der Waals surface area contributed by atoms with E-state index in [4.69, 9.17) is 9.47 Å². The average Bonchev–Trinajstić information content (AvgIpc) is 2.61. The van der Waals surface area contributed by atoms with Crippen LogP contribution >= 0.6 is 0 Å².